The summed E-state index contributed by atoms with van der Waals surface area (Å²) in [4.78, 5) is 0.972. The van der Waals surface area contributed by atoms with Crippen LogP contribution in [-0.2, 0) is 0 Å². The topological polar surface area (TPSA) is 80.5 Å². The molecule has 3 rings (SSSR count). The second-order valence-corrected chi connectivity index (χ2v) is 4.82. The highest BCUT2D eigenvalue weighted by Crippen LogP contribution is 2.28. The Hall–Kier alpha value is -2.65. The minimum absolute atomic E-state index is 0.470. The van der Waals surface area contributed by atoms with Crippen LogP contribution in [0.4, 0.5) is 5.82 Å². The van der Waals surface area contributed by atoms with E-state index >= 15 is 0 Å². The first kappa shape index (κ1) is 11.4. The summed E-state index contributed by atoms with van der Waals surface area (Å²) in [6.07, 6.45) is 0. The van der Waals surface area contributed by atoms with E-state index in [-0.39, 0.29) is 0 Å². The van der Waals surface area contributed by atoms with Crippen LogP contribution < -0.4 is 5.73 Å². The van der Waals surface area contributed by atoms with Crippen LogP contribution in [0.2, 0.25) is 0 Å². The number of rotatable bonds is 2. The maximum atomic E-state index is 8.91. The summed E-state index contributed by atoms with van der Waals surface area (Å²) in [5.41, 5.74) is 8.03. The summed E-state index contributed by atoms with van der Waals surface area (Å²) in [7, 11) is 0. The van der Waals surface area contributed by atoms with Crippen LogP contribution in [0.1, 0.15) is 5.56 Å². The van der Waals surface area contributed by atoms with Gasteiger partial charge in [-0.05, 0) is 29.6 Å². The third kappa shape index (κ3) is 1.96. The molecular formula is C13H9N5S. The molecule has 0 radical (unpaired) electrons. The Balaban J connectivity index is 2.10. The number of nitrogen functional groups attached to an aromatic ring is 1. The lowest BCUT2D eigenvalue weighted by atomic mass is 10.2. The summed E-state index contributed by atoms with van der Waals surface area (Å²) < 4.78 is 1.54. The van der Waals surface area contributed by atoms with E-state index in [2.05, 4.69) is 16.4 Å². The van der Waals surface area contributed by atoms with Crippen LogP contribution in [0.25, 0.3) is 16.3 Å². The van der Waals surface area contributed by atoms with E-state index in [1.807, 2.05) is 23.6 Å². The first-order valence-corrected chi connectivity index (χ1v) is 6.43. The fraction of sp³-hybridized carbons (Fsp3) is 0. The molecule has 3 aromatic rings. The van der Waals surface area contributed by atoms with Crippen LogP contribution in [0.3, 0.4) is 0 Å². The van der Waals surface area contributed by atoms with Crippen LogP contribution in [0.15, 0.2) is 41.8 Å². The van der Waals surface area contributed by atoms with E-state index in [4.69, 9.17) is 11.0 Å². The highest BCUT2D eigenvalue weighted by molar-refractivity contribution is 7.13. The molecule has 0 saturated carbocycles. The zero-order valence-electron chi connectivity index (χ0n) is 9.82. The van der Waals surface area contributed by atoms with Crippen molar-refractivity contribution in [1.82, 2.24) is 15.0 Å². The van der Waals surface area contributed by atoms with Gasteiger partial charge in [-0.3, -0.25) is 0 Å². The lowest BCUT2D eigenvalue weighted by Gasteiger charge is -2.03. The van der Waals surface area contributed by atoms with Crippen LogP contribution in [-0.4, -0.2) is 15.0 Å². The van der Waals surface area contributed by atoms with Gasteiger partial charge in [0.25, 0.3) is 0 Å². The zero-order chi connectivity index (χ0) is 13.2. The van der Waals surface area contributed by atoms with E-state index in [0.29, 0.717) is 17.1 Å². The number of anilines is 1. The minimum atomic E-state index is 0.470. The van der Waals surface area contributed by atoms with Crippen molar-refractivity contribution in [2.75, 3.05) is 5.73 Å². The molecule has 6 heteroatoms. The van der Waals surface area contributed by atoms with Crippen molar-refractivity contribution in [1.29, 1.82) is 5.26 Å². The lowest BCUT2D eigenvalue weighted by Crippen LogP contribution is -2.02. The highest BCUT2D eigenvalue weighted by Gasteiger charge is 2.13. The zero-order valence-corrected chi connectivity index (χ0v) is 10.6. The van der Waals surface area contributed by atoms with Crippen molar-refractivity contribution >= 4 is 17.2 Å². The van der Waals surface area contributed by atoms with E-state index in [0.717, 1.165) is 10.6 Å². The van der Waals surface area contributed by atoms with Gasteiger partial charge in [0, 0.05) is 0 Å². The molecule has 0 atom stereocenters. The minimum Gasteiger partial charge on any atom is -0.382 e. The number of nitrogens with zero attached hydrogens (tertiary/aromatic N) is 4. The number of hydrogen-bond donors (Lipinski definition) is 1. The Morgan fingerprint density at radius 3 is 2.89 bits per heavy atom. The number of hydrogen-bond acceptors (Lipinski definition) is 5. The maximum absolute atomic E-state index is 8.91. The van der Waals surface area contributed by atoms with Crippen molar-refractivity contribution in [3.05, 3.63) is 47.3 Å². The molecule has 0 aliphatic heterocycles. The number of thiophene rings is 1. The number of aromatic nitrogens is 3. The predicted octanol–water partition coefficient (Wildman–Crippen LogP) is 2.45. The Morgan fingerprint density at radius 2 is 2.16 bits per heavy atom. The number of nitrogens with two attached hydrogens (primary N) is 1. The van der Waals surface area contributed by atoms with Gasteiger partial charge in [-0.2, -0.15) is 9.94 Å². The molecule has 0 spiro atoms. The second kappa shape index (κ2) is 4.55. The molecule has 0 saturated heterocycles. The molecule has 0 aliphatic rings. The monoisotopic (exact) mass is 267 g/mol. The molecular weight excluding hydrogens is 258 g/mol. The molecule has 0 unspecified atom stereocenters. The Kier molecular flexibility index (Phi) is 2.74. The normalized spacial score (nSPS) is 10.3. The first-order chi connectivity index (χ1) is 9.29. The molecule has 19 heavy (non-hydrogen) atoms. The molecule has 2 N–H and O–H groups in total. The standard InChI is InChI=1S/C13H9N5S/c14-8-9-3-1-4-10(7-9)18-13(15)12(16-17-18)11-5-2-6-19-11/h1-7H,15H2. The quantitative estimate of drug-likeness (QED) is 0.773. The second-order valence-electron chi connectivity index (χ2n) is 3.87. The van der Waals surface area contributed by atoms with E-state index < -0.39 is 0 Å². The van der Waals surface area contributed by atoms with Crippen LogP contribution >= 0.6 is 11.3 Å². The first-order valence-electron chi connectivity index (χ1n) is 5.55. The summed E-state index contributed by atoms with van der Waals surface area (Å²) in [5.74, 6) is 0.470. The van der Waals surface area contributed by atoms with Gasteiger partial charge in [-0.15, -0.1) is 16.4 Å². The van der Waals surface area contributed by atoms with Crippen LogP contribution in [0, 0.1) is 11.3 Å². The molecule has 5 nitrogen and oxygen atoms in total. The summed E-state index contributed by atoms with van der Waals surface area (Å²) in [5, 5.41) is 19.0. The number of nitriles is 1. The van der Waals surface area contributed by atoms with Gasteiger partial charge in [0.1, 0.15) is 5.69 Å². The predicted molar refractivity (Wildman–Crippen MR) is 73.8 cm³/mol. The number of benzene rings is 1. The Bertz CT molecular complexity index is 752. The average molecular weight is 267 g/mol. The van der Waals surface area contributed by atoms with Gasteiger partial charge in [0.05, 0.1) is 22.2 Å². The molecule has 92 valence electrons. The lowest BCUT2D eigenvalue weighted by molar-refractivity contribution is 0.810. The average Bonchev–Trinajstić information content (AvgIpc) is 3.08. The van der Waals surface area contributed by atoms with Crippen molar-refractivity contribution in [2.45, 2.75) is 0 Å². The molecule has 0 amide bonds. The van der Waals surface area contributed by atoms with Crippen molar-refractivity contribution in [3.8, 4) is 22.3 Å². The van der Waals surface area contributed by atoms with E-state index in [1.54, 1.807) is 29.5 Å². The van der Waals surface area contributed by atoms with Crippen molar-refractivity contribution in [3.63, 3.8) is 0 Å². The molecule has 2 aromatic heterocycles. The Labute approximate surface area is 113 Å². The van der Waals surface area contributed by atoms with Crippen molar-refractivity contribution < 1.29 is 0 Å². The molecule has 0 fully saturated rings. The van der Waals surface area contributed by atoms with Crippen molar-refractivity contribution in [2.24, 2.45) is 0 Å². The van der Waals surface area contributed by atoms with E-state index in [1.165, 1.54) is 4.68 Å². The van der Waals surface area contributed by atoms with E-state index in [9.17, 15) is 0 Å². The summed E-state index contributed by atoms with van der Waals surface area (Å²) >= 11 is 1.56. The van der Waals surface area contributed by atoms with Gasteiger partial charge in [-0.1, -0.05) is 17.3 Å². The SMILES string of the molecule is N#Cc1cccc(-n2nnc(-c3cccs3)c2N)c1. The fourth-order valence-corrected chi connectivity index (χ4v) is 2.49. The molecule has 0 aliphatic carbocycles. The van der Waals surface area contributed by atoms with Gasteiger partial charge in [-0.25, -0.2) is 0 Å². The fourth-order valence-electron chi connectivity index (χ4n) is 1.78. The maximum Gasteiger partial charge on any atom is 0.156 e. The summed E-state index contributed by atoms with van der Waals surface area (Å²) in [6, 6.07) is 13.1. The Morgan fingerprint density at radius 1 is 1.26 bits per heavy atom. The third-order valence-electron chi connectivity index (χ3n) is 2.68. The van der Waals surface area contributed by atoms with Gasteiger partial charge >= 0.3 is 0 Å². The van der Waals surface area contributed by atoms with Gasteiger partial charge < -0.3 is 5.73 Å². The third-order valence-corrected chi connectivity index (χ3v) is 3.56. The molecule has 0 bridgehead atoms. The summed E-state index contributed by atoms with van der Waals surface area (Å²) in [6.45, 7) is 0. The molecule has 2 heterocycles. The van der Waals surface area contributed by atoms with Gasteiger partial charge in [0.2, 0.25) is 0 Å². The van der Waals surface area contributed by atoms with Crippen LogP contribution in [0.5, 0.6) is 0 Å². The van der Waals surface area contributed by atoms with Gasteiger partial charge in [0.15, 0.2) is 5.82 Å². The smallest absolute Gasteiger partial charge is 0.156 e. The highest BCUT2D eigenvalue weighted by atomic mass is 32.1. The molecule has 1 aromatic carbocycles. The largest absolute Gasteiger partial charge is 0.382 e.